The van der Waals surface area contributed by atoms with Crippen LogP contribution in [-0.2, 0) is 6.18 Å². The van der Waals surface area contributed by atoms with Crippen LogP contribution in [0.3, 0.4) is 0 Å². The van der Waals surface area contributed by atoms with Gasteiger partial charge >= 0.3 is 6.18 Å². The number of rotatable bonds is 4. The Morgan fingerprint density at radius 2 is 1.67 bits per heavy atom. The molecule has 1 amide bonds. The van der Waals surface area contributed by atoms with Crippen molar-refractivity contribution < 1.29 is 18.0 Å². The number of piperazine rings is 1. The van der Waals surface area contributed by atoms with E-state index in [1.54, 1.807) is 4.90 Å². The molecule has 0 spiro atoms. The Bertz CT molecular complexity index is 795. The van der Waals surface area contributed by atoms with Crippen molar-refractivity contribution >= 4 is 12.0 Å². The van der Waals surface area contributed by atoms with E-state index >= 15 is 0 Å². The molecule has 1 aliphatic rings. The average molecular weight is 374 g/mol. The van der Waals surface area contributed by atoms with E-state index < -0.39 is 11.7 Å². The second kappa shape index (κ2) is 8.39. The van der Waals surface area contributed by atoms with Crippen molar-refractivity contribution in [3.63, 3.8) is 0 Å². The number of carbonyl (C=O) groups excluding carboxylic acids is 1. The molecule has 0 unspecified atom stereocenters. The van der Waals surface area contributed by atoms with Gasteiger partial charge in [-0.3, -0.25) is 9.69 Å². The molecule has 1 saturated heterocycles. The standard InChI is InChI=1S/C21H21F3N2O/c22-21(23,24)19-10-4-9-18(16-19)20(27)26-14-12-25(13-15-26)11-5-8-17-6-2-1-3-7-17/h1-10,16H,11-15H2/b8-5+. The third kappa shape index (κ3) is 5.20. The zero-order valence-electron chi connectivity index (χ0n) is 14.8. The van der Waals surface area contributed by atoms with Crippen LogP contribution < -0.4 is 0 Å². The van der Waals surface area contributed by atoms with E-state index in [-0.39, 0.29) is 11.5 Å². The Morgan fingerprint density at radius 1 is 0.963 bits per heavy atom. The number of hydrogen-bond acceptors (Lipinski definition) is 2. The number of benzene rings is 2. The van der Waals surface area contributed by atoms with E-state index in [9.17, 15) is 18.0 Å². The number of alkyl halides is 3. The summed E-state index contributed by atoms with van der Waals surface area (Å²) in [5.41, 5.74) is 0.427. The fourth-order valence-corrected chi connectivity index (χ4v) is 3.05. The van der Waals surface area contributed by atoms with E-state index in [1.807, 2.05) is 30.3 Å². The summed E-state index contributed by atoms with van der Waals surface area (Å²) in [6, 6.07) is 14.6. The van der Waals surface area contributed by atoms with Crippen LogP contribution >= 0.6 is 0 Å². The highest BCUT2D eigenvalue weighted by atomic mass is 19.4. The minimum atomic E-state index is -4.44. The van der Waals surface area contributed by atoms with Gasteiger partial charge in [0.15, 0.2) is 0 Å². The van der Waals surface area contributed by atoms with Gasteiger partial charge in [0.1, 0.15) is 0 Å². The maximum atomic E-state index is 12.8. The third-order valence-corrected chi connectivity index (χ3v) is 4.57. The Morgan fingerprint density at radius 3 is 2.33 bits per heavy atom. The predicted molar refractivity (Wildman–Crippen MR) is 99.3 cm³/mol. The number of carbonyl (C=O) groups is 1. The highest BCUT2D eigenvalue weighted by Gasteiger charge is 2.31. The summed E-state index contributed by atoms with van der Waals surface area (Å²) in [5.74, 6) is -0.347. The molecule has 0 aliphatic carbocycles. The summed E-state index contributed by atoms with van der Waals surface area (Å²) in [4.78, 5) is 16.3. The smallest absolute Gasteiger partial charge is 0.336 e. The molecule has 0 bridgehead atoms. The highest BCUT2D eigenvalue weighted by molar-refractivity contribution is 5.94. The molecule has 142 valence electrons. The van der Waals surface area contributed by atoms with Gasteiger partial charge in [0.05, 0.1) is 5.56 Å². The van der Waals surface area contributed by atoms with Crippen molar-refractivity contribution in [3.05, 3.63) is 77.4 Å². The van der Waals surface area contributed by atoms with E-state index in [2.05, 4.69) is 17.1 Å². The average Bonchev–Trinajstić information content (AvgIpc) is 2.68. The molecule has 0 atom stereocenters. The Balaban J connectivity index is 1.53. The first kappa shape index (κ1) is 19.2. The molecular formula is C21H21F3N2O. The number of hydrogen-bond donors (Lipinski definition) is 0. The molecule has 1 fully saturated rings. The zero-order chi connectivity index (χ0) is 19.3. The number of halogens is 3. The lowest BCUT2D eigenvalue weighted by Crippen LogP contribution is -2.48. The van der Waals surface area contributed by atoms with Gasteiger partial charge in [0.25, 0.3) is 5.91 Å². The highest BCUT2D eigenvalue weighted by Crippen LogP contribution is 2.29. The van der Waals surface area contributed by atoms with Gasteiger partial charge in [-0.25, -0.2) is 0 Å². The first-order valence-electron chi connectivity index (χ1n) is 8.84. The second-order valence-corrected chi connectivity index (χ2v) is 6.48. The first-order chi connectivity index (χ1) is 12.9. The van der Waals surface area contributed by atoms with Crippen molar-refractivity contribution in [1.29, 1.82) is 0 Å². The van der Waals surface area contributed by atoms with Crippen molar-refractivity contribution in [2.24, 2.45) is 0 Å². The molecule has 1 aliphatic heterocycles. The molecule has 3 nitrogen and oxygen atoms in total. The predicted octanol–water partition coefficient (Wildman–Crippen LogP) is 4.18. The summed E-state index contributed by atoms with van der Waals surface area (Å²) in [6.45, 7) is 3.19. The van der Waals surface area contributed by atoms with Crippen LogP contribution in [-0.4, -0.2) is 48.4 Å². The van der Waals surface area contributed by atoms with Gasteiger partial charge in [-0.05, 0) is 23.8 Å². The van der Waals surface area contributed by atoms with Crippen molar-refractivity contribution in [1.82, 2.24) is 9.80 Å². The van der Waals surface area contributed by atoms with Gasteiger partial charge in [-0.15, -0.1) is 0 Å². The fourth-order valence-electron chi connectivity index (χ4n) is 3.05. The lowest BCUT2D eigenvalue weighted by atomic mass is 10.1. The Hall–Kier alpha value is -2.60. The molecule has 6 heteroatoms. The summed E-state index contributed by atoms with van der Waals surface area (Å²) in [6.07, 6.45) is -0.306. The van der Waals surface area contributed by atoms with Crippen LogP contribution in [0.15, 0.2) is 60.7 Å². The summed E-state index contributed by atoms with van der Waals surface area (Å²) in [5, 5.41) is 0. The number of nitrogens with zero attached hydrogens (tertiary/aromatic N) is 2. The molecule has 0 radical (unpaired) electrons. The quantitative estimate of drug-likeness (QED) is 0.802. The topological polar surface area (TPSA) is 23.6 Å². The Labute approximate surface area is 156 Å². The van der Waals surface area contributed by atoms with Gasteiger partial charge in [-0.2, -0.15) is 13.2 Å². The maximum Gasteiger partial charge on any atom is 0.416 e. The monoisotopic (exact) mass is 374 g/mol. The molecule has 0 N–H and O–H groups in total. The first-order valence-corrected chi connectivity index (χ1v) is 8.84. The number of amides is 1. The lowest BCUT2D eigenvalue weighted by Gasteiger charge is -2.34. The second-order valence-electron chi connectivity index (χ2n) is 6.48. The van der Waals surface area contributed by atoms with Crippen LogP contribution in [0.2, 0.25) is 0 Å². The molecule has 0 saturated carbocycles. The largest absolute Gasteiger partial charge is 0.416 e. The van der Waals surface area contributed by atoms with Gasteiger partial charge < -0.3 is 4.90 Å². The molecule has 2 aromatic rings. The van der Waals surface area contributed by atoms with E-state index in [1.165, 1.54) is 12.1 Å². The summed E-state index contributed by atoms with van der Waals surface area (Å²) < 4.78 is 38.5. The van der Waals surface area contributed by atoms with Crippen LogP contribution in [0.25, 0.3) is 6.08 Å². The lowest BCUT2D eigenvalue weighted by molar-refractivity contribution is -0.137. The van der Waals surface area contributed by atoms with E-state index in [4.69, 9.17) is 0 Å². The van der Waals surface area contributed by atoms with Gasteiger partial charge in [0, 0.05) is 38.3 Å². The van der Waals surface area contributed by atoms with Crippen molar-refractivity contribution in [2.45, 2.75) is 6.18 Å². The minimum Gasteiger partial charge on any atom is -0.336 e. The molecular weight excluding hydrogens is 353 g/mol. The third-order valence-electron chi connectivity index (χ3n) is 4.57. The SMILES string of the molecule is O=C(c1cccc(C(F)(F)F)c1)N1CCN(C/C=C/c2ccccc2)CC1. The van der Waals surface area contributed by atoms with Crippen molar-refractivity contribution in [3.8, 4) is 0 Å². The molecule has 2 aromatic carbocycles. The zero-order valence-corrected chi connectivity index (χ0v) is 14.8. The van der Waals surface area contributed by atoms with Gasteiger partial charge in [0.2, 0.25) is 0 Å². The van der Waals surface area contributed by atoms with Crippen LogP contribution in [0, 0.1) is 0 Å². The van der Waals surface area contributed by atoms with Crippen LogP contribution in [0.5, 0.6) is 0 Å². The van der Waals surface area contributed by atoms with Crippen molar-refractivity contribution in [2.75, 3.05) is 32.7 Å². The maximum absolute atomic E-state index is 12.8. The Kier molecular flexibility index (Phi) is 5.96. The summed E-state index contributed by atoms with van der Waals surface area (Å²) in [7, 11) is 0. The molecule has 27 heavy (non-hydrogen) atoms. The van der Waals surface area contributed by atoms with Crippen LogP contribution in [0.4, 0.5) is 13.2 Å². The molecule has 3 rings (SSSR count). The normalized spacial score (nSPS) is 16.0. The van der Waals surface area contributed by atoms with E-state index in [0.29, 0.717) is 26.2 Å². The van der Waals surface area contributed by atoms with Crippen LogP contribution in [0.1, 0.15) is 21.5 Å². The van der Waals surface area contributed by atoms with E-state index in [0.717, 1.165) is 24.2 Å². The molecule has 1 heterocycles. The molecule has 0 aromatic heterocycles. The fraction of sp³-hybridized carbons (Fsp3) is 0.286. The summed E-state index contributed by atoms with van der Waals surface area (Å²) >= 11 is 0. The van der Waals surface area contributed by atoms with Gasteiger partial charge in [-0.1, -0.05) is 48.6 Å². The minimum absolute atomic E-state index is 0.0854.